The molecule has 0 aliphatic carbocycles. The Labute approximate surface area is 148 Å². The van der Waals surface area contributed by atoms with Gasteiger partial charge in [0, 0.05) is 0 Å². The molecule has 0 aromatic rings. The maximum absolute atomic E-state index is 6.74. The summed E-state index contributed by atoms with van der Waals surface area (Å²) >= 11 is 0. The average Bonchev–Trinajstić information content (AvgIpc) is 2.53. The molecule has 0 aromatic carbocycles. The summed E-state index contributed by atoms with van der Waals surface area (Å²) in [6.07, 6.45) is 10.9. The first-order valence-electron chi connectivity index (χ1n) is 10.5. The summed E-state index contributed by atoms with van der Waals surface area (Å²) in [6.45, 7) is 18.7. The van der Waals surface area contributed by atoms with Gasteiger partial charge in [0.05, 0.1) is 12.2 Å². The lowest BCUT2D eigenvalue weighted by Gasteiger charge is -2.31. The Hall–Kier alpha value is -0.0400. The molecule has 4 atom stereocenters. The Morgan fingerprint density at radius 3 is 0.870 bits per heavy atom. The number of rotatable bonds is 14. The van der Waals surface area contributed by atoms with Gasteiger partial charge in [0.15, 0.2) is 0 Å². The second kappa shape index (κ2) is 13.3. The monoisotopic (exact) mass is 326 g/mol. The molecule has 0 N–H and O–H groups in total. The predicted octanol–water partition coefficient (Wildman–Crippen LogP) is 7.49. The van der Waals surface area contributed by atoms with Crippen LogP contribution in [0.5, 0.6) is 0 Å². The maximum atomic E-state index is 6.74. The molecule has 0 rings (SSSR count). The molecule has 140 valence electrons. The molecule has 1 heteroatoms. The standard InChI is InChI=1S/C22H46O/c1-9-17(5)13-21(14-18(6)10-2)23-22(15-19(7)11-3)16-20(8)12-4/h17-22H,9-16H2,1-8H3. The Balaban J connectivity index is 4.83. The van der Waals surface area contributed by atoms with E-state index in [-0.39, 0.29) is 0 Å². The van der Waals surface area contributed by atoms with Gasteiger partial charge in [-0.1, -0.05) is 81.1 Å². The third kappa shape index (κ3) is 11.2. The van der Waals surface area contributed by atoms with Gasteiger partial charge in [-0.05, 0) is 49.4 Å². The Kier molecular flexibility index (Phi) is 13.3. The van der Waals surface area contributed by atoms with Gasteiger partial charge in [0.1, 0.15) is 0 Å². The molecular weight excluding hydrogens is 280 g/mol. The predicted molar refractivity (Wildman–Crippen MR) is 105 cm³/mol. The smallest absolute Gasteiger partial charge is 0.0584 e. The van der Waals surface area contributed by atoms with E-state index in [1.165, 1.54) is 51.4 Å². The van der Waals surface area contributed by atoms with E-state index in [1.54, 1.807) is 0 Å². The molecule has 0 bridgehead atoms. The van der Waals surface area contributed by atoms with E-state index in [0.717, 1.165) is 23.7 Å². The SMILES string of the molecule is CCC(C)CC(CC(C)CC)OC(CC(C)CC)CC(C)CC. The summed E-state index contributed by atoms with van der Waals surface area (Å²) in [4.78, 5) is 0. The first-order chi connectivity index (χ1) is 10.9. The number of ether oxygens (including phenoxy) is 1. The van der Waals surface area contributed by atoms with Crippen molar-refractivity contribution in [1.29, 1.82) is 0 Å². The van der Waals surface area contributed by atoms with Gasteiger partial charge < -0.3 is 4.74 Å². The first kappa shape index (κ1) is 23.0. The van der Waals surface area contributed by atoms with Crippen molar-refractivity contribution in [3.05, 3.63) is 0 Å². The summed E-state index contributed by atoms with van der Waals surface area (Å²) in [5, 5.41) is 0. The van der Waals surface area contributed by atoms with Crippen LogP contribution in [0, 0.1) is 23.7 Å². The van der Waals surface area contributed by atoms with E-state index in [0.29, 0.717) is 12.2 Å². The largest absolute Gasteiger partial charge is 0.375 e. The van der Waals surface area contributed by atoms with Gasteiger partial charge >= 0.3 is 0 Å². The van der Waals surface area contributed by atoms with E-state index in [2.05, 4.69) is 55.4 Å². The summed E-state index contributed by atoms with van der Waals surface area (Å²) < 4.78 is 6.74. The molecule has 23 heavy (non-hydrogen) atoms. The zero-order chi connectivity index (χ0) is 17.8. The van der Waals surface area contributed by atoms with Crippen LogP contribution in [0.1, 0.15) is 107 Å². The first-order valence-corrected chi connectivity index (χ1v) is 10.5. The highest BCUT2D eigenvalue weighted by molar-refractivity contribution is 4.72. The topological polar surface area (TPSA) is 9.23 Å². The van der Waals surface area contributed by atoms with Crippen molar-refractivity contribution in [1.82, 2.24) is 0 Å². The molecule has 0 aromatic heterocycles. The molecule has 4 unspecified atom stereocenters. The molecule has 0 amide bonds. The van der Waals surface area contributed by atoms with Crippen molar-refractivity contribution in [3.63, 3.8) is 0 Å². The van der Waals surface area contributed by atoms with Crippen molar-refractivity contribution in [2.24, 2.45) is 23.7 Å². The fourth-order valence-electron chi connectivity index (χ4n) is 3.15. The van der Waals surface area contributed by atoms with Crippen LogP contribution < -0.4 is 0 Å². The minimum absolute atomic E-state index is 0.456. The lowest BCUT2D eigenvalue weighted by Crippen LogP contribution is -2.28. The van der Waals surface area contributed by atoms with Gasteiger partial charge in [0.2, 0.25) is 0 Å². The lowest BCUT2D eigenvalue weighted by molar-refractivity contribution is -0.0525. The Morgan fingerprint density at radius 1 is 0.478 bits per heavy atom. The van der Waals surface area contributed by atoms with Crippen LogP contribution in [0.25, 0.3) is 0 Å². The molecule has 0 aliphatic rings. The summed E-state index contributed by atoms with van der Waals surface area (Å²) in [6, 6.07) is 0. The van der Waals surface area contributed by atoms with Crippen LogP contribution in [0.4, 0.5) is 0 Å². The van der Waals surface area contributed by atoms with E-state index in [1.807, 2.05) is 0 Å². The van der Waals surface area contributed by atoms with Gasteiger partial charge in [-0.25, -0.2) is 0 Å². The highest BCUT2D eigenvalue weighted by atomic mass is 16.5. The lowest BCUT2D eigenvalue weighted by atomic mass is 9.91. The van der Waals surface area contributed by atoms with Crippen molar-refractivity contribution < 1.29 is 4.74 Å². The van der Waals surface area contributed by atoms with E-state index in [4.69, 9.17) is 4.74 Å². The van der Waals surface area contributed by atoms with Crippen molar-refractivity contribution >= 4 is 0 Å². The summed E-state index contributed by atoms with van der Waals surface area (Å²) in [5.74, 6) is 3.10. The molecule has 0 aliphatic heterocycles. The Bertz CT molecular complexity index is 213. The molecular formula is C22H46O. The molecule has 0 spiro atoms. The molecule has 0 fully saturated rings. The van der Waals surface area contributed by atoms with Crippen LogP contribution in [0.15, 0.2) is 0 Å². The number of hydrogen-bond acceptors (Lipinski definition) is 1. The zero-order valence-electron chi connectivity index (χ0n) is 17.5. The number of hydrogen-bond donors (Lipinski definition) is 0. The van der Waals surface area contributed by atoms with Crippen molar-refractivity contribution in [3.8, 4) is 0 Å². The normalized spacial score (nSPS) is 19.8. The van der Waals surface area contributed by atoms with Gasteiger partial charge in [-0.2, -0.15) is 0 Å². The molecule has 0 heterocycles. The van der Waals surface area contributed by atoms with Crippen molar-refractivity contribution in [2.75, 3.05) is 0 Å². The van der Waals surface area contributed by atoms with E-state index >= 15 is 0 Å². The van der Waals surface area contributed by atoms with Gasteiger partial charge in [-0.3, -0.25) is 0 Å². The van der Waals surface area contributed by atoms with Gasteiger partial charge in [0.25, 0.3) is 0 Å². The second-order valence-electron chi connectivity index (χ2n) is 8.38. The quantitative estimate of drug-likeness (QED) is 0.321. The van der Waals surface area contributed by atoms with Crippen LogP contribution in [0.2, 0.25) is 0 Å². The molecule has 1 nitrogen and oxygen atoms in total. The van der Waals surface area contributed by atoms with E-state index < -0.39 is 0 Å². The third-order valence-electron chi connectivity index (χ3n) is 5.83. The summed E-state index contributed by atoms with van der Waals surface area (Å²) in [5.41, 5.74) is 0. The third-order valence-corrected chi connectivity index (χ3v) is 5.83. The van der Waals surface area contributed by atoms with E-state index in [9.17, 15) is 0 Å². The average molecular weight is 327 g/mol. The van der Waals surface area contributed by atoms with Crippen LogP contribution in [-0.2, 0) is 4.74 Å². The minimum atomic E-state index is 0.456. The molecule has 0 saturated heterocycles. The van der Waals surface area contributed by atoms with Crippen LogP contribution in [0.3, 0.4) is 0 Å². The highest BCUT2D eigenvalue weighted by Gasteiger charge is 2.23. The summed E-state index contributed by atoms with van der Waals surface area (Å²) in [7, 11) is 0. The fourth-order valence-corrected chi connectivity index (χ4v) is 3.15. The van der Waals surface area contributed by atoms with Crippen molar-refractivity contribution in [2.45, 2.75) is 119 Å². The molecule has 0 radical (unpaired) electrons. The van der Waals surface area contributed by atoms with Crippen LogP contribution >= 0.6 is 0 Å². The minimum Gasteiger partial charge on any atom is -0.375 e. The van der Waals surface area contributed by atoms with Gasteiger partial charge in [-0.15, -0.1) is 0 Å². The maximum Gasteiger partial charge on any atom is 0.0584 e. The second-order valence-corrected chi connectivity index (χ2v) is 8.38. The highest BCUT2D eigenvalue weighted by Crippen LogP contribution is 2.27. The fraction of sp³-hybridized carbons (Fsp3) is 1.00. The Morgan fingerprint density at radius 2 is 0.696 bits per heavy atom. The molecule has 0 saturated carbocycles. The zero-order valence-corrected chi connectivity index (χ0v) is 17.5. The van der Waals surface area contributed by atoms with Crippen LogP contribution in [-0.4, -0.2) is 12.2 Å².